The second-order valence-electron chi connectivity index (χ2n) is 8.37. The zero-order valence-corrected chi connectivity index (χ0v) is 20.0. The number of benzene rings is 2. The van der Waals surface area contributed by atoms with Crippen molar-refractivity contribution in [2.45, 2.75) is 25.7 Å². The number of aryl methyl sites for hydroxylation is 3. The van der Waals surface area contributed by atoms with Crippen LogP contribution >= 0.6 is 0 Å². The van der Waals surface area contributed by atoms with Crippen molar-refractivity contribution in [3.05, 3.63) is 69.0 Å². The van der Waals surface area contributed by atoms with Crippen molar-refractivity contribution in [3.63, 3.8) is 0 Å². The smallest absolute Gasteiger partial charge is 0.259 e. The third-order valence-electron chi connectivity index (χ3n) is 6.05. The summed E-state index contributed by atoms with van der Waals surface area (Å²) in [6, 6.07) is 8.72. The van der Waals surface area contributed by atoms with Gasteiger partial charge in [-0.2, -0.15) is 4.31 Å². The molecule has 1 aromatic heterocycles. The Labute approximate surface area is 192 Å². The molecule has 9 heteroatoms. The number of hydrogen-bond acceptors (Lipinski definition) is 5. The van der Waals surface area contributed by atoms with Crippen LogP contribution in [0.2, 0.25) is 0 Å². The van der Waals surface area contributed by atoms with E-state index in [0.29, 0.717) is 32.7 Å². The van der Waals surface area contributed by atoms with Gasteiger partial charge in [0.15, 0.2) is 0 Å². The molecule has 0 unspecified atom stereocenters. The van der Waals surface area contributed by atoms with Crippen molar-refractivity contribution in [2.75, 3.05) is 33.3 Å². The number of methoxy groups -OCH3 is 1. The van der Waals surface area contributed by atoms with E-state index in [1.165, 1.54) is 15.4 Å². The number of amides is 1. The number of fused-ring (bicyclic) bond motifs is 1. The minimum atomic E-state index is -3.68. The Balaban J connectivity index is 1.54. The van der Waals surface area contributed by atoms with Crippen LogP contribution in [0.5, 0.6) is 5.75 Å². The Kier molecular flexibility index (Phi) is 6.02. The van der Waals surface area contributed by atoms with E-state index in [1.54, 1.807) is 39.2 Å². The van der Waals surface area contributed by atoms with Crippen LogP contribution in [-0.4, -0.2) is 61.8 Å². The summed E-state index contributed by atoms with van der Waals surface area (Å²) in [6.07, 6.45) is 1.41. The first-order chi connectivity index (χ1) is 15.6. The minimum absolute atomic E-state index is 0.0363. The van der Waals surface area contributed by atoms with Gasteiger partial charge in [0.1, 0.15) is 11.3 Å². The number of aromatic amines is 1. The number of nitrogens with zero attached hydrogens (tertiary/aromatic N) is 2. The number of pyridine rings is 1. The van der Waals surface area contributed by atoms with E-state index in [2.05, 4.69) is 4.98 Å². The molecule has 1 saturated heterocycles. The van der Waals surface area contributed by atoms with Crippen molar-refractivity contribution >= 4 is 26.8 Å². The van der Waals surface area contributed by atoms with Gasteiger partial charge in [0, 0.05) is 43.8 Å². The Hall–Kier alpha value is -3.17. The molecule has 2 heterocycles. The summed E-state index contributed by atoms with van der Waals surface area (Å²) in [6.45, 7) is 6.30. The topological polar surface area (TPSA) is 99.8 Å². The van der Waals surface area contributed by atoms with Crippen LogP contribution < -0.4 is 10.2 Å². The van der Waals surface area contributed by atoms with Crippen LogP contribution in [0.25, 0.3) is 10.9 Å². The fourth-order valence-corrected chi connectivity index (χ4v) is 6.33. The average molecular weight is 470 g/mol. The molecule has 0 bridgehead atoms. The number of aromatic nitrogens is 1. The van der Waals surface area contributed by atoms with E-state index < -0.39 is 15.9 Å². The predicted molar refractivity (Wildman–Crippen MR) is 126 cm³/mol. The van der Waals surface area contributed by atoms with Gasteiger partial charge >= 0.3 is 0 Å². The Morgan fingerprint density at radius 3 is 2.24 bits per heavy atom. The largest absolute Gasteiger partial charge is 0.497 e. The van der Waals surface area contributed by atoms with Crippen molar-refractivity contribution in [2.24, 2.45) is 0 Å². The van der Waals surface area contributed by atoms with E-state index in [-0.39, 0.29) is 37.2 Å². The van der Waals surface area contributed by atoms with E-state index in [4.69, 9.17) is 4.74 Å². The molecule has 0 saturated carbocycles. The van der Waals surface area contributed by atoms with Crippen LogP contribution in [0.1, 0.15) is 27.0 Å². The van der Waals surface area contributed by atoms with Gasteiger partial charge in [-0.15, -0.1) is 0 Å². The molecule has 2 aromatic carbocycles. The van der Waals surface area contributed by atoms with Crippen LogP contribution in [0.15, 0.2) is 46.2 Å². The van der Waals surface area contributed by atoms with Gasteiger partial charge < -0.3 is 14.6 Å². The highest BCUT2D eigenvalue weighted by Gasteiger charge is 2.33. The van der Waals surface area contributed by atoms with Gasteiger partial charge in [-0.25, -0.2) is 8.42 Å². The van der Waals surface area contributed by atoms with Gasteiger partial charge in [-0.1, -0.05) is 17.7 Å². The third-order valence-corrected chi connectivity index (χ3v) is 8.25. The number of carbonyl (C=O) groups is 1. The van der Waals surface area contributed by atoms with Gasteiger partial charge in [0.05, 0.1) is 17.5 Å². The SMILES string of the molecule is COc1ccc2c(=O)c(C(=O)N3CCN(S(=O)(=O)c4c(C)cc(C)cc4C)CC3)c[nH]c2c1. The summed E-state index contributed by atoms with van der Waals surface area (Å²) in [5.74, 6) is 0.197. The van der Waals surface area contributed by atoms with Crippen molar-refractivity contribution in [1.82, 2.24) is 14.2 Å². The zero-order chi connectivity index (χ0) is 23.9. The van der Waals surface area contributed by atoms with Crippen molar-refractivity contribution < 1.29 is 17.9 Å². The first-order valence-electron chi connectivity index (χ1n) is 10.7. The quantitative estimate of drug-likeness (QED) is 0.633. The predicted octanol–water partition coefficient (Wildman–Crippen LogP) is 2.61. The molecule has 33 heavy (non-hydrogen) atoms. The van der Waals surface area contributed by atoms with Crippen LogP contribution in [0.4, 0.5) is 0 Å². The Morgan fingerprint density at radius 2 is 1.64 bits per heavy atom. The van der Waals surface area contributed by atoms with Crippen LogP contribution in [0, 0.1) is 20.8 Å². The second-order valence-corrected chi connectivity index (χ2v) is 10.2. The molecule has 1 aliphatic rings. The zero-order valence-electron chi connectivity index (χ0n) is 19.1. The normalized spacial score (nSPS) is 15.1. The van der Waals surface area contributed by atoms with E-state index in [9.17, 15) is 18.0 Å². The molecular formula is C24H27N3O5S. The molecular weight excluding hydrogens is 442 g/mol. The lowest BCUT2D eigenvalue weighted by Gasteiger charge is -2.34. The number of nitrogens with one attached hydrogen (secondary N) is 1. The van der Waals surface area contributed by atoms with Gasteiger partial charge in [0.25, 0.3) is 5.91 Å². The monoisotopic (exact) mass is 469 g/mol. The average Bonchev–Trinajstić information content (AvgIpc) is 2.78. The van der Waals surface area contributed by atoms with Crippen molar-refractivity contribution in [3.8, 4) is 5.75 Å². The molecule has 0 spiro atoms. The molecule has 3 aromatic rings. The molecule has 8 nitrogen and oxygen atoms in total. The van der Waals surface area contributed by atoms with E-state index >= 15 is 0 Å². The minimum Gasteiger partial charge on any atom is -0.497 e. The van der Waals surface area contributed by atoms with Crippen LogP contribution in [-0.2, 0) is 10.0 Å². The summed E-state index contributed by atoms with van der Waals surface area (Å²) in [4.78, 5) is 30.8. The lowest BCUT2D eigenvalue weighted by atomic mass is 10.1. The number of ether oxygens (including phenoxy) is 1. The summed E-state index contributed by atoms with van der Waals surface area (Å²) in [5, 5.41) is 0.396. The molecule has 1 aliphatic heterocycles. The first kappa shape index (κ1) is 23.0. The molecule has 1 N–H and O–H groups in total. The number of hydrogen-bond donors (Lipinski definition) is 1. The highest BCUT2D eigenvalue weighted by molar-refractivity contribution is 7.89. The summed E-state index contributed by atoms with van der Waals surface area (Å²) < 4.78 is 33.2. The fourth-order valence-electron chi connectivity index (χ4n) is 4.49. The lowest BCUT2D eigenvalue weighted by Crippen LogP contribution is -2.51. The molecule has 0 atom stereocenters. The molecule has 174 valence electrons. The number of sulfonamides is 1. The highest BCUT2D eigenvalue weighted by atomic mass is 32.2. The maximum Gasteiger partial charge on any atom is 0.259 e. The Bertz CT molecular complexity index is 1380. The summed E-state index contributed by atoms with van der Waals surface area (Å²) in [7, 11) is -2.14. The number of carbonyl (C=O) groups excluding carboxylic acids is 1. The van der Waals surface area contributed by atoms with Gasteiger partial charge in [-0.3, -0.25) is 9.59 Å². The lowest BCUT2D eigenvalue weighted by molar-refractivity contribution is 0.0696. The molecule has 1 amide bonds. The van der Waals surface area contributed by atoms with Gasteiger partial charge in [-0.05, 0) is 44.0 Å². The number of rotatable bonds is 4. The fraction of sp³-hybridized carbons (Fsp3) is 0.333. The van der Waals surface area contributed by atoms with Gasteiger partial charge in [0.2, 0.25) is 15.5 Å². The standard InChI is InChI=1S/C24H27N3O5S/c1-15-11-16(2)23(17(3)12-15)33(30,31)27-9-7-26(8-10-27)24(29)20-14-25-21-13-18(32-4)5-6-19(21)22(20)28/h5-6,11-14H,7-10H2,1-4H3,(H,25,28). The third kappa shape index (κ3) is 4.14. The maximum absolute atomic E-state index is 13.3. The number of piperazine rings is 1. The van der Waals surface area contributed by atoms with Crippen LogP contribution in [0.3, 0.4) is 0 Å². The van der Waals surface area contributed by atoms with E-state index in [0.717, 1.165) is 5.56 Å². The highest BCUT2D eigenvalue weighted by Crippen LogP contribution is 2.26. The summed E-state index contributed by atoms with van der Waals surface area (Å²) in [5.41, 5.74) is 2.69. The molecule has 0 aliphatic carbocycles. The van der Waals surface area contributed by atoms with E-state index in [1.807, 2.05) is 19.1 Å². The summed E-state index contributed by atoms with van der Waals surface area (Å²) >= 11 is 0. The first-order valence-corrected chi connectivity index (χ1v) is 12.1. The molecule has 1 fully saturated rings. The molecule has 4 rings (SSSR count). The number of H-pyrrole nitrogens is 1. The Morgan fingerprint density at radius 1 is 1.00 bits per heavy atom. The maximum atomic E-state index is 13.3. The molecule has 0 radical (unpaired) electrons. The van der Waals surface area contributed by atoms with Crippen molar-refractivity contribution in [1.29, 1.82) is 0 Å². The second kappa shape index (κ2) is 8.64.